The van der Waals surface area contributed by atoms with E-state index in [4.69, 9.17) is 4.74 Å². The molecule has 0 bridgehead atoms. The minimum atomic E-state index is -0.0653. The van der Waals surface area contributed by atoms with E-state index in [-0.39, 0.29) is 11.7 Å². The zero-order chi connectivity index (χ0) is 21.5. The number of nitrogens with one attached hydrogen (secondary N) is 1. The molecule has 2 aromatic carbocycles. The third-order valence-corrected chi connectivity index (χ3v) is 5.33. The molecule has 7 heteroatoms. The van der Waals surface area contributed by atoms with Crippen LogP contribution in [0.1, 0.15) is 26.3 Å². The molecule has 158 valence electrons. The number of anilines is 1. The Balaban J connectivity index is 1.64. The Labute approximate surface area is 182 Å². The lowest BCUT2D eigenvalue weighted by atomic mass is 10.2. The standard InChI is InChI=1S/C23H28N4O2S/c1-5-27-22(18-9-11-20(12-10-18)29-14-16(2)3)25-26-23(27)30-15-21(28)24-19-8-6-7-17(4)13-19/h6-13,16H,5,14-15H2,1-4H3,(H,24,28). The Morgan fingerprint density at radius 1 is 1.17 bits per heavy atom. The number of rotatable bonds is 9. The number of amides is 1. The first-order chi connectivity index (χ1) is 14.5. The summed E-state index contributed by atoms with van der Waals surface area (Å²) < 4.78 is 7.77. The molecule has 1 amide bonds. The molecule has 0 unspecified atom stereocenters. The van der Waals surface area contributed by atoms with Crippen LogP contribution in [0.5, 0.6) is 5.75 Å². The third kappa shape index (κ3) is 5.86. The minimum Gasteiger partial charge on any atom is -0.493 e. The predicted octanol–water partition coefficient (Wildman–Crippen LogP) is 5.04. The van der Waals surface area contributed by atoms with Gasteiger partial charge >= 0.3 is 0 Å². The number of aromatic nitrogens is 3. The molecule has 1 heterocycles. The van der Waals surface area contributed by atoms with Crippen LogP contribution in [0.15, 0.2) is 53.7 Å². The highest BCUT2D eigenvalue weighted by Crippen LogP contribution is 2.26. The Hall–Kier alpha value is -2.80. The highest BCUT2D eigenvalue weighted by atomic mass is 32.2. The van der Waals surface area contributed by atoms with Crippen molar-refractivity contribution in [2.75, 3.05) is 17.7 Å². The largest absolute Gasteiger partial charge is 0.493 e. The fourth-order valence-corrected chi connectivity index (χ4v) is 3.71. The summed E-state index contributed by atoms with van der Waals surface area (Å²) in [5.74, 6) is 2.32. The van der Waals surface area contributed by atoms with Gasteiger partial charge in [0.1, 0.15) is 5.75 Å². The van der Waals surface area contributed by atoms with E-state index in [9.17, 15) is 4.79 Å². The van der Waals surface area contributed by atoms with Crippen LogP contribution in [0.25, 0.3) is 11.4 Å². The number of aryl methyl sites for hydroxylation is 1. The molecule has 3 aromatic rings. The van der Waals surface area contributed by atoms with Crippen LogP contribution in [0.4, 0.5) is 5.69 Å². The number of nitrogens with zero attached hydrogens (tertiary/aromatic N) is 3. The van der Waals surface area contributed by atoms with E-state index in [0.29, 0.717) is 12.5 Å². The van der Waals surface area contributed by atoms with Crippen LogP contribution in [0.2, 0.25) is 0 Å². The normalized spacial score (nSPS) is 11.0. The van der Waals surface area contributed by atoms with Gasteiger partial charge < -0.3 is 14.6 Å². The third-order valence-electron chi connectivity index (χ3n) is 4.36. The molecular weight excluding hydrogens is 396 g/mol. The van der Waals surface area contributed by atoms with Crippen LogP contribution < -0.4 is 10.1 Å². The molecule has 0 aliphatic rings. The van der Waals surface area contributed by atoms with Crippen molar-refractivity contribution in [3.05, 3.63) is 54.1 Å². The number of hydrogen-bond donors (Lipinski definition) is 1. The van der Waals surface area contributed by atoms with Gasteiger partial charge in [0.15, 0.2) is 11.0 Å². The van der Waals surface area contributed by atoms with Crippen molar-refractivity contribution < 1.29 is 9.53 Å². The van der Waals surface area contributed by atoms with Crippen molar-refractivity contribution >= 4 is 23.4 Å². The summed E-state index contributed by atoms with van der Waals surface area (Å²) in [7, 11) is 0. The monoisotopic (exact) mass is 424 g/mol. The lowest BCUT2D eigenvalue weighted by Gasteiger charge is -2.10. The van der Waals surface area contributed by atoms with E-state index in [0.717, 1.165) is 40.1 Å². The van der Waals surface area contributed by atoms with Crippen molar-refractivity contribution in [3.8, 4) is 17.1 Å². The molecule has 0 radical (unpaired) electrons. The second-order valence-electron chi connectivity index (χ2n) is 7.49. The molecule has 6 nitrogen and oxygen atoms in total. The SMILES string of the molecule is CCn1c(SCC(=O)Nc2cccc(C)c2)nnc1-c1ccc(OCC(C)C)cc1. The van der Waals surface area contributed by atoms with Crippen LogP contribution in [-0.4, -0.2) is 33.0 Å². The maximum Gasteiger partial charge on any atom is 0.234 e. The second-order valence-corrected chi connectivity index (χ2v) is 8.43. The molecule has 0 saturated carbocycles. The van der Waals surface area contributed by atoms with Gasteiger partial charge in [-0.05, 0) is 61.7 Å². The van der Waals surface area contributed by atoms with Crippen molar-refractivity contribution in [2.24, 2.45) is 5.92 Å². The van der Waals surface area contributed by atoms with Gasteiger partial charge in [0, 0.05) is 17.8 Å². The van der Waals surface area contributed by atoms with Crippen LogP contribution in [0.3, 0.4) is 0 Å². The summed E-state index contributed by atoms with van der Waals surface area (Å²) in [6, 6.07) is 15.6. The Morgan fingerprint density at radius 2 is 1.93 bits per heavy atom. The fourth-order valence-electron chi connectivity index (χ4n) is 2.91. The van der Waals surface area contributed by atoms with E-state index in [1.807, 2.05) is 66.9 Å². The molecule has 0 aliphatic heterocycles. The molecule has 0 fully saturated rings. The molecule has 30 heavy (non-hydrogen) atoms. The van der Waals surface area contributed by atoms with E-state index in [2.05, 4.69) is 29.4 Å². The highest BCUT2D eigenvalue weighted by molar-refractivity contribution is 7.99. The number of ether oxygens (including phenoxy) is 1. The Bertz CT molecular complexity index is 983. The summed E-state index contributed by atoms with van der Waals surface area (Å²) in [5.41, 5.74) is 2.88. The van der Waals surface area contributed by atoms with Gasteiger partial charge in [-0.1, -0.05) is 37.7 Å². The summed E-state index contributed by atoms with van der Waals surface area (Å²) in [4.78, 5) is 12.3. The van der Waals surface area contributed by atoms with Gasteiger partial charge in [0.2, 0.25) is 5.91 Å². The molecule has 0 spiro atoms. The lowest BCUT2D eigenvalue weighted by Crippen LogP contribution is -2.14. The number of benzene rings is 2. The summed E-state index contributed by atoms with van der Waals surface area (Å²) in [6.07, 6.45) is 0. The first-order valence-electron chi connectivity index (χ1n) is 10.1. The fraction of sp³-hybridized carbons (Fsp3) is 0.348. The average molecular weight is 425 g/mol. The van der Waals surface area contributed by atoms with Gasteiger partial charge in [-0.2, -0.15) is 0 Å². The molecule has 0 saturated heterocycles. The number of carbonyl (C=O) groups is 1. The minimum absolute atomic E-state index is 0.0653. The first-order valence-corrected chi connectivity index (χ1v) is 11.1. The van der Waals surface area contributed by atoms with Crippen LogP contribution in [-0.2, 0) is 11.3 Å². The smallest absolute Gasteiger partial charge is 0.234 e. The highest BCUT2D eigenvalue weighted by Gasteiger charge is 2.15. The van der Waals surface area contributed by atoms with Gasteiger partial charge in [-0.15, -0.1) is 10.2 Å². The number of carbonyl (C=O) groups excluding carboxylic acids is 1. The number of thioether (sulfide) groups is 1. The van der Waals surface area contributed by atoms with E-state index in [1.165, 1.54) is 11.8 Å². The zero-order valence-electron chi connectivity index (χ0n) is 17.9. The Morgan fingerprint density at radius 3 is 2.60 bits per heavy atom. The quantitative estimate of drug-likeness (QED) is 0.488. The van der Waals surface area contributed by atoms with Crippen LogP contribution in [0, 0.1) is 12.8 Å². The van der Waals surface area contributed by atoms with E-state index < -0.39 is 0 Å². The van der Waals surface area contributed by atoms with Gasteiger partial charge in [0.05, 0.1) is 12.4 Å². The van der Waals surface area contributed by atoms with Crippen molar-refractivity contribution in [3.63, 3.8) is 0 Å². The molecule has 0 atom stereocenters. The van der Waals surface area contributed by atoms with Crippen molar-refractivity contribution in [1.82, 2.24) is 14.8 Å². The van der Waals surface area contributed by atoms with Gasteiger partial charge in [0.25, 0.3) is 0 Å². The topological polar surface area (TPSA) is 69.0 Å². The lowest BCUT2D eigenvalue weighted by molar-refractivity contribution is -0.113. The first kappa shape index (κ1) is 21.9. The molecule has 3 rings (SSSR count). The molecule has 0 aliphatic carbocycles. The van der Waals surface area contributed by atoms with Gasteiger partial charge in [-0.3, -0.25) is 4.79 Å². The maximum atomic E-state index is 12.3. The maximum absolute atomic E-state index is 12.3. The zero-order valence-corrected chi connectivity index (χ0v) is 18.7. The number of hydrogen-bond acceptors (Lipinski definition) is 5. The Kier molecular flexibility index (Phi) is 7.52. The van der Waals surface area contributed by atoms with E-state index >= 15 is 0 Å². The molecule has 1 N–H and O–H groups in total. The van der Waals surface area contributed by atoms with Crippen LogP contribution >= 0.6 is 11.8 Å². The molecular formula is C23H28N4O2S. The van der Waals surface area contributed by atoms with Crippen molar-refractivity contribution in [2.45, 2.75) is 39.4 Å². The summed E-state index contributed by atoms with van der Waals surface area (Å²) in [5, 5.41) is 12.3. The van der Waals surface area contributed by atoms with E-state index in [1.54, 1.807) is 0 Å². The second kappa shape index (κ2) is 10.3. The predicted molar refractivity (Wildman–Crippen MR) is 122 cm³/mol. The van der Waals surface area contributed by atoms with Gasteiger partial charge in [-0.25, -0.2) is 0 Å². The summed E-state index contributed by atoms with van der Waals surface area (Å²) in [6.45, 7) is 9.70. The average Bonchev–Trinajstić information content (AvgIpc) is 3.14. The molecule has 1 aromatic heterocycles. The summed E-state index contributed by atoms with van der Waals surface area (Å²) >= 11 is 1.39. The van der Waals surface area contributed by atoms with Crippen molar-refractivity contribution in [1.29, 1.82) is 0 Å².